The molecule has 0 aromatic heterocycles. The van der Waals surface area contributed by atoms with E-state index in [4.69, 9.17) is 0 Å². The fourth-order valence-electron chi connectivity index (χ4n) is 2.72. The fraction of sp³-hybridized carbons (Fsp3) is 0.167. The summed E-state index contributed by atoms with van der Waals surface area (Å²) in [7, 11) is -3.35. The second kappa shape index (κ2) is 6.20. The van der Waals surface area contributed by atoms with E-state index in [-0.39, 0.29) is 11.3 Å². The van der Waals surface area contributed by atoms with Crippen LogP contribution >= 0.6 is 0 Å². The summed E-state index contributed by atoms with van der Waals surface area (Å²) >= 11 is 0. The van der Waals surface area contributed by atoms with E-state index in [1.165, 1.54) is 29.2 Å². The fourth-order valence-corrected chi connectivity index (χ4v) is 3.99. The Bertz CT molecular complexity index is 921. The average Bonchev–Trinajstić information content (AvgIpc) is 2.87. The molecule has 2 aromatic rings. The third kappa shape index (κ3) is 3.23. The molecule has 2 aromatic carbocycles. The molecule has 0 unspecified atom stereocenters. The molecule has 4 nitrogen and oxygen atoms in total. The van der Waals surface area contributed by atoms with Gasteiger partial charge in [0.2, 0.25) is 0 Å². The number of hydrogen-bond acceptors (Lipinski definition) is 3. The van der Waals surface area contributed by atoms with Crippen LogP contribution in [0.4, 0.5) is 10.1 Å². The van der Waals surface area contributed by atoms with Crippen LogP contribution in [0.15, 0.2) is 60.0 Å². The second-order valence-electron chi connectivity index (χ2n) is 5.72. The highest BCUT2D eigenvalue weighted by Gasteiger charge is 2.32. The molecule has 1 aliphatic heterocycles. The van der Waals surface area contributed by atoms with Crippen LogP contribution in [0.25, 0.3) is 0 Å². The predicted octanol–water partition coefficient (Wildman–Crippen LogP) is 3.09. The SMILES string of the molecule is Cc1cccc(N(C(=O)c2ccccc2F)[C@@H]2C=CS(=O)(=O)C2)c1. The normalized spacial score (nSPS) is 18.5. The number of carbonyl (C=O) groups excluding carboxylic acids is 1. The van der Waals surface area contributed by atoms with Crippen LogP contribution in [0, 0.1) is 12.7 Å². The maximum Gasteiger partial charge on any atom is 0.261 e. The molecule has 0 fully saturated rings. The van der Waals surface area contributed by atoms with Gasteiger partial charge in [-0.1, -0.05) is 24.3 Å². The van der Waals surface area contributed by atoms with Crippen LogP contribution in [0.2, 0.25) is 0 Å². The highest BCUT2D eigenvalue weighted by atomic mass is 32.2. The van der Waals surface area contributed by atoms with E-state index in [0.29, 0.717) is 5.69 Å². The van der Waals surface area contributed by atoms with Crippen molar-refractivity contribution in [3.63, 3.8) is 0 Å². The molecule has 1 atom stereocenters. The van der Waals surface area contributed by atoms with E-state index >= 15 is 0 Å². The van der Waals surface area contributed by atoms with Gasteiger partial charge in [0.05, 0.1) is 17.4 Å². The lowest BCUT2D eigenvalue weighted by Crippen LogP contribution is -2.41. The van der Waals surface area contributed by atoms with Gasteiger partial charge in [-0.05, 0) is 42.8 Å². The first-order valence-corrected chi connectivity index (χ1v) is 9.15. The lowest BCUT2D eigenvalue weighted by Gasteiger charge is -2.28. The van der Waals surface area contributed by atoms with Gasteiger partial charge in [-0.2, -0.15) is 0 Å². The molecule has 6 heteroatoms. The number of amides is 1. The predicted molar refractivity (Wildman–Crippen MR) is 91.1 cm³/mol. The monoisotopic (exact) mass is 345 g/mol. The number of hydrogen-bond donors (Lipinski definition) is 0. The highest BCUT2D eigenvalue weighted by molar-refractivity contribution is 7.94. The summed E-state index contributed by atoms with van der Waals surface area (Å²) in [4.78, 5) is 14.3. The lowest BCUT2D eigenvalue weighted by atomic mass is 10.1. The molecule has 3 rings (SSSR count). The Morgan fingerprint density at radius 2 is 1.92 bits per heavy atom. The minimum atomic E-state index is -3.35. The molecule has 124 valence electrons. The quantitative estimate of drug-likeness (QED) is 0.859. The van der Waals surface area contributed by atoms with Crippen molar-refractivity contribution in [1.82, 2.24) is 0 Å². The standard InChI is InChI=1S/C18H16FNO3S/c1-13-5-4-6-14(11-13)20(15-9-10-24(22,23)12-15)18(21)16-7-2-3-8-17(16)19/h2-11,15H,12H2,1H3/t15-/m1/s1. The van der Waals surface area contributed by atoms with E-state index in [1.807, 2.05) is 13.0 Å². The summed E-state index contributed by atoms with van der Waals surface area (Å²) in [6.45, 7) is 1.87. The second-order valence-corrected chi connectivity index (χ2v) is 7.65. The molecule has 0 saturated carbocycles. The summed E-state index contributed by atoms with van der Waals surface area (Å²) in [5.41, 5.74) is 1.37. The molecular weight excluding hydrogens is 329 g/mol. The zero-order valence-electron chi connectivity index (χ0n) is 13.0. The van der Waals surface area contributed by atoms with Crippen molar-refractivity contribution in [2.75, 3.05) is 10.7 Å². The van der Waals surface area contributed by atoms with Gasteiger partial charge in [-0.3, -0.25) is 4.79 Å². The van der Waals surface area contributed by atoms with Crippen LogP contribution in [-0.2, 0) is 9.84 Å². The van der Waals surface area contributed by atoms with Crippen molar-refractivity contribution in [2.45, 2.75) is 13.0 Å². The van der Waals surface area contributed by atoms with E-state index in [1.54, 1.807) is 24.3 Å². The first-order chi connectivity index (χ1) is 11.4. The molecular formula is C18H16FNO3S. The lowest BCUT2D eigenvalue weighted by molar-refractivity contribution is 0.0979. The summed E-state index contributed by atoms with van der Waals surface area (Å²) in [6, 6.07) is 12.2. The molecule has 0 N–H and O–H groups in total. The Kier molecular flexibility index (Phi) is 4.24. The topological polar surface area (TPSA) is 54.5 Å². The molecule has 1 heterocycles. The minimum absolute atomic E-state index is 0.0864. The van der Waals surface area contributed by atoms with Gasteiger partial charge >= 0.3 is 0 Å². The third-order valence-electron chi connectivity index (χ3n) is 3.85. The van der Waals surface area contributed by atoms with Crippen LogP contribution in [0.5, 0.6) is 0 Å². The maximum absolute atomic E-state index is 14.1. The van der Waals surface area contributed by atoms with Gasteiger partial charge in [0.1, 0.15) is 5.82 Å². The zero-order chi connectivity index (χ0) is 17.3. The van der Waals surface area contributed by atoms with E-state index in [2.05, 4.69) is 0 Å². The number of nitrogens with zero attached hydrogens (tertiary/aromatic N) is 1. The van der Waals surface area contributed by atoms with Gasteiger partial charge in [0, 0.05) is 11.1 Å². The smallest absolute Gasteiger partial charge is 0.261 e. The molecule has 0 bridgehead atoms. The number of anilines is 1. The molecule has 0 radical (unpaired) electrons. The van der Waals surface area contributed by atoms with Gasteiger partial charge in [0.15, 0.2) is 9.84 Å². The van der Waals surface area contributed by atoms with E-state index in [0.717, 1.165) is 11.0 Å². The summed E-state index contributed by atoms with van der Waals surface area (Å²) < 4.78 is 37.6. The number of aryl methyl sites for hydroxylation is 1. The molecule has 1 aliphatic rings. The van der Waals surface area contributed by atoms with Crippen molar-refractivity contribution >= 4 is 21.4 Å². The molecule has 0 spiro atoms. The number of halogens is 1. The van der Waals surface area contributed by atoms with Gasteiger partial charge in [0.25, 0.3) is 5.91 Å². The third-order valence-corrected chi connectivity index (χ3v) is 5.22. The van der Waals surface area contributed by atoms with Crippen LogP contribution in [-0.4, -0.2) is 26.1 Å². The van der Waals surface area contributed by atoms with Crippen LogP contribution < -0.4 is 4.90 Å². The van der Waals surface area contributed by atoms with Crippen LogP contribution in [0.3, 0.4) is 0 Å². The highest BCUT2D eigenvalue weighted by Crippen LogP contribution is 2.26. The van der Waals surface area contributed by atoms with Crippen molar-refractivity contribution in [1.29, 1.82) is 0 Å². The molecule has 24 heavy (non-hydrogen) atoms. The van der Waals surface area contributed by atoms with Crippen molar-refractivity contribution in [3.05, 3.63) is 77.0 Å². The first-order valence-electron chi connectivity index (χ1n) is 7.43. The van der Waals surface area contributed by atoms with E-state index in [9.17, 15) is 17.6 Å². The van der Waals surface area contributed by atoms with Crippen LogP contribution in [0.1, 0.15) is 15.9 Å². The molecule has 0 aliphatic carbocycles. The van der Waals surface area contributed by atoms with Crippen molar-refractivity contribution < 1.29 is 17.6 Å². The maximum atomic E-state index is 14.1. The molecule has 1 amide bonds. The largest absolute Gasteiger partial charge is 0.300 e. The Labute approximate surface area is 140 Å². The zero-order valence-corrected chi connectivity index (χ0v) is 13.8. The first kappa shape index (κ1) is 16.4. The van der Waals surface area contributed by atoms with Gasteiger partial charge < -0.3 is 4.90 Å². The van der Waals surface area contributed by atoms with E-state index < -0.39 is 27.6 Å². The summed E-state index contributed by atoms with van der Waals surface area (Å²) in [6.07, 6.45) is 1.47. The minimum Gasteiger partial charge on any atom is -0.300 e. The number of sulfone groups is 1. The number of benzene rings is 2. The number of rotatable bonds is 3. The Morgan fingerprint density at radius 1 is 1.17 bits per heavy atom. The Balaban J connectivity index is 2.07. The van der Waals surface area contributed by atoms with Gasteiger partial charge in [-0.15, -0.1) is 0 Å². The van der Waals surface area contributed by atoms with Gasteiger partial charge in [-0.25, -0.2) is 12.8 Å². The van der Waals surface area contributed by atoms with Crippen molar-refractivity contribution in [2.24, 2.45) is 0 Å². The summed E-state index contributed by atoms with van der Waals surface area (Å²) in [5.74, 6) is -1.41. The molecule has 0 saturated heterocycles. The Hall–Kier alpha value is -2.47. The summed E-state index contributed by atoms with van der Waals surface area (Å²) in [5, 5.41) is 1.11. The average molecular weight is 345 g/mol. The van der Waals surface area contributed by atoms with Crippen molar-refractivity contribution in [3.8, 4) is 0 Å². The number of carbonyl (C=O) groups is 1. The Morgan fingerprint density at radius 3 is 2.54 bits per heavy atom.